The van der Waals surface area contributed by atoms with Gasteiger partial charge in [0.2, 0.25) is 11.8 Å². The molecule has 3 rings (SSSR count). The summed E-state index contributed by atoms with van der Waals surface area (Å²) < 4.78 is 0. The maximum atomic E-state index is 13.2. The normalized spacial score (nSPS) is 15.2. The molecule has 0 saturated heterocycles. The Morgan fingerprint density at radius 1 is 1.03 bits per heavy atom. The fraction of sp³-hybridized carbons (Fsp3) is 0.440. The van der Waals surface area contributed by atoms with E-state index in [4.69, 9.17) is 23.2 Å². The molecular weight excluding hydrogens is 463 g/mol. The first-order chi connectivity index (χ1) is 15.4. The van der Waals surface area contributed by atoms with Crippen LogP contribution in [0.1, 0.15) is 50.2 Å². The molecule has 2 aromatic carbocycles. The van der Waals surface area contributed by atoms with E-state index in [-0.39, 0.29) is 23.6 Å². The molecule has 0 heterocycles. The topological polar surface area (TPSA) is 49.4 Å². The molecule has 0 radical (unpaired) electrons. The van der Waals surface area contributed by atoms with E-state index in [1.165, 1.54) is 18.2 Å². The summed E-state index contributed by atoms with van der Waals surface area (Å²) in [6.07, 6.45) is 5.53. The highest BCUT2D eigenvalue weighted by Gasteiger charge is 2.28. The summed E-state index contributed by atoms with van der Waals surface area (Å²) in [4.78, 5) is 27.8. The van der Waals surface area contributed by atoms with Gasteiger partial charge in [-0.3, -0.25) is 9.59 Å². The van der Waals surface area contributed by atoms with Crippen LogP contribution >= 0.6 is 35.0 Å². The van der Waals surface area contributed by atoms with Crippen molar-refractivity contribution in [3.63, 3.8) is 0 Å². The van der Waals surface area contributed by atoms with E-state index in [2.05, 4.69) is 5.32 Å². The molecular formula is C25H30Cl2N2O2S. The van der Waals surface area contributed by atoms with E-state index in [0.717, 1.165) is 36.8 Å². The van der Waals surface area contributed by atoms with Crippen molar-refractivity contribution in [1.29, 1.82) is 0 Å². The first kappa shape index (κ1) is 24.9. The summed E-state index contributed by atoms with van der Waals surface area (Å²) in [5, 5.41) is 4.46. The number of carbonyl (C=O) groups excluding carboxylic acids is 2. The molecule has 32 heavy (non-hydrogen) atoms. The first-order valence-corrected chi connectivity index (χ1v) is 13.0. The number of rotatable bonds is 9. The van der Waals surface area contributed by atoms with Gasteiger partial charge in [-0.25, -0.2) is 0 Å². The van der Waals surface area contributed by atoms with Gasteiger partial charge in [-0.2, -0.15) is 0 Å². The number of halogens is 2. The molecule has 1 fully saturated rings. The van der Waals surface area contributed by atoms with Crippen molar-refractivity contribution in [3.05, 3.63) is 69.7 Å². The van der Waals surface area contributed by atoms with Crippen LogP contribution in [0.5, 0.6) is 0 Å². The van der Waals surface area contributed by atoms with Crippen molar-refractivity contribution in [2.75, 3.05) is 5.75 Å². The molecule has 1 atom stereocenters. The van der Waals surface area contributed by atoms with Crippen LogP contribution in [-0.2, 0) is 21.9 Å². The second-order valence-corrected chi connectivity index (χ2v) is 10.2. The molecule has 1 saturated carbocycles. The van der Waals surface area contributed by atoms with Gasteiger partial charge in [-0.1, -0.05) is 66.7 Å². The largest absolute Gasteiger partial charge is 0.352 e. The van der Waals surface area contributed by atoms with Crippen LogP contribution in [0.2, 0.25) is 10.0 Å². The molecule has 0 aromatic heterocycles. The SMILES string of the molecule is C[C@H](C(=O)NC1CCCCC1)N(Cc1cccc(Cl)c1)C(=O)CSCc1cccc(Cl)c1. The highest BCUT2D eigenvalue weighted by molar-refractivity contribution is 7.99. The Labute approximate surface area is 205 Å². The quantitative estimate of drug-likeness (QED) is 0.460. The molecule has 2 amide bonds. The zero-order valence-corrected chi connectivity index (χ0v) is 20.7. The Morgan fingerprint density at radius 2 is 1.66 bits per heavy atom. The Bertz CT molecular complexity index is 918. The summed E-state index contributed by atoms with van der Waals surface area (Å²) in [5.41, 5.74) is 1.97. The molecule has 0 bridgehead atoms. The Balaban J connectivity index is 1.65. The summed E-state index contributed by atoms with van der Waals surface area (Å²) in [6, 6.07) is 14.7. The third kappa shape index (κ3) is 7.72. The predicted molar refractivity (Wildman–Crippen MR) is 134 cm³/mol. The minimum atomic E-state index is -0.560. The molecule has 1 N–H and O–H groups in total. The number of nitrogens with zero attached hydrogens (tertiary/aromatic N) is 1. The van der Waals surface area contributed by atoms with Crippen LogP contribution < -0.4 is 5.32 Å². The van der Waals surface area contributed by atoms with Crippen LogP contribution in [-0.4, -0.2) is 34.6 Å². The molecule has 1 aliphatic rings. The van der Waals surface area contributed by atoms with Crippen LogP contribution in [0.3, 0.4) is 0 Å². The highest BCUT2D eigenvalue weighted by Crippen LogP contribution is 2.21. The highest BCUT2D eigenvalue weighted by atomic mass is 35.5. The number of nitrogens with one attached hydrogen (secondary N) is 1. The molecule has 0 aliphatic heterocycles. The molecule has 1 aliphatic carbocycles. The lowest BCUT2D eigenvalue weighted by Gasteiger charge is -2.31. The van der Waals surface area contributed by atoms with Crippen molar-refractivity contribution in [3.8, 4) is 0 Å². The van der Waals surface area contributed by atoms with Gasteiger partial charge in [0.1, 0.15) is 6.04 Å². The predicted octanol–water partition coefficient (Wildman–Crippen LogP) is 6.09. The lowest BCUT2D eigenvalue weighted by atomic mass is 9.95. The summed E-state index contributed by atoms with van der Waals surface area (Å²) >= 11 is 13.7. The van der Waals surface area contributed by atoms with Crippen LogP contribution in [0, 0.1) is 0 Å². The third-order valence-corrected chi connectivity index (χ3v) is 7.20. The van der Waals surface area contributed by atoms with Crippen LogP contribution in [0.25, 0.3) is 0 Å². The third-order valence-electron chi connectivity index (χ3n) is 5.74. The average Bonchev–Trinajstić information content (AvgIpc) is 2.77. The van der Waals surface area contributed by atoms with Crippen LogP contribution in [0.4, 0.5) is 0 Å². The number of amides is 2. The number of hydrogen-bond acceptors (Lipinski definition) is 3. The fourth-order valence-corrected chi connectivity index (χ4v) is 5.23. The average molecular weight is 494 g/mol. The Hall–Kier alpha value is -1.69. The number of hydrogen-bond donors (Lipinski definition) is 1. The van der Waals surface area contributed by atoms with E-state index in [1.807, 2.05) is 49.4 Å². The number of thioether (sulfide) groups is 1. The Morgan fingerprint density at radius 3 is 2.31 bits per heavy atom. The van der Waals surface area contributed by atoms with Crippen molar-refractivity contribution in [1.82, 2.24) is 10.2 Å². The summed E-state index contributed by atoms with van der Waals surface area (Å²) in [7, 11) is 0. The van der Waals surface area contributed by atoms with E-state index in [0.29, 0.717) is 22.3 Å². The van der Waals surface area contributed by atoms with Crippen molar-refractivity contribution in [2.24, 2.45) is 0 Å². The van der Waals surface area contributed by atoms with E-state index in [1.54, 1.807) is 11.0 Å². The van der Waals surface area contributed by atoms with Gasteiger partial charge in [-0.15, -0.1) is 11.8 Å². The number of benzene rings is 2. The summed E-state index contributed by atoms with van der Waals surface area (Å²) in [6.45, 7) is 2.15. The second-order valence-electron chi connectivity index (χ2n) is 8.29. The zero-order valence-electron chi connectivity index (χ0n) is 18.4. The van der Waals surface area contributed by atoms with Gasteiger partial charge in [0.05, 0.1) is 5.75 Å². The molecule has 2 aromatic rings. The smallest absolute Gasteiger partial charge is 0.242 e. The maximum Gasteiger partial charge on any atom is 0.242 e. The standard InChI is InChI=1S/C25H30Cl2N2O2S/c1-18(25(31)28-23-11-3-2-4-12-23)29(15-19-7-5-9-21(26)13-19)24(30)17-32-16-20-8-6-10-22(27)14-20/h5-10,13-14,18,23H,2-4,11-12,15-17H2,1H3,(H,28,31)/t18-/m1/s1. The Kier molecular flexibility index (Phi) is 9.76. The van der Waals surface area contributed by atoms with E-state index >= 15 is 0 Å². The van der Waals surface area contributed by atoms with E-state index in [9.17, 15) is 9.59 Å². The monoisotopic (exact) mass is 492 g/mol. The van der Waals surface area contributed by atoms with Crippen molar-refractivity contribution in [2.45, 2.75) is 63.4 Å². The second kappa shape index (κ2) is 12.5. The minimum Gasteiger partial charge on any atom is -0.352 e. The lowest BCUT2D eigenvalue weighted by Crippen LogP contribution is -2.50. The van der Waals surface area contributed by atoms with Crippen LogP contribution in [0.15, 0.2) is 48.5 Å². The van der Waals surface area contributed by atoms with Gasteiger partial charge < -0.3 is 10.2 Å². The molecule has 0 unspecified atom stereocenters. The van der Waals surface area contributed by atoms with Gasteiger partial charge in [0.25, 0.3) is 0 Å². The van der Waals surface area contributed by atoms with Gasteiger partial charge >= 0.3 is 0 Å². The van der Waals surface area contributed by atoms with Gasteiger partial charge in [0.15, 0.2) is 0 Å². The van der Waals surface area contributed by atoms with Crippen molar-refractivity contribution >= 4 is 46.8 Å². The molecule has 7 heteroatoms. The molecule has 4 nitrogen and oxygen atoms in total. The first-order valence-electron chi connectivity index (χ1n) is 11.1. The fourth-order valence-electron chi connectivity index (χ4n) is 3.95. The number of carbonyl (C=O) groups is 2. The maximum absolute atomic E-state index is 13.2. The van der Waals surface area contributed by atoms with Crippen molar-refractivity contribution < 1.29 is 9.59 Å². The minimum absolute atomic E-state index is 0.0664. The molecule has 172 valence electrons. The van der Waals surface area contributed by atoms with Gasteiger partial charge in [0, 0.05) is 28.4 Å². The lowest BCUT2D eigenvalue weighted by molar-refractivity contribution is -0.139. The molecule has 0 spiro atoms. The van der Waals surface area contributed by atoms with Gasteiger partial charge in [-0.05, 0) is 55.2 Å². The zero-order chi connectivity index (χ0) is 22.9. The van der Waals surface area contributed by atoms with E-state index < -0.39 is 6.04 Å². The summed E-state index contributed by atoms with van der Waals surface area (Å²) in [5.74, 6) is 0.809.